The van der Waals surface area contributed by atoms with E-state index >= 15 is 0 Å². The molecule has 0 aliphatic heterocycles. The van der Waals surface area contributed by atoms with Crippen molar-refractivity contribution in [1.82, 2.24) is 15.2 Å². The van der Waals surface area contributed by atoms with Crippen LogP contribution in [0.25, 0.3) is 0 Å². The normalized spacial score (nSPS) is 12.6. The SMILES string of the molecule is COCC(C(=O)NN)n1nc(C)c(C)c1C. The Kier molecular flexibility index (Phi) is 4.03. The summed E-state index contributed by atoms with van der Waals surface area (Å²) in [4.78, 5) is 11.6. The summed E-state index contributed by atoms with van der Waals surface area (Å²) in [5.41, 5.74) is 5.05. The lowest BCUT2D eigenvalue weighted by Crippen LogP contribution is -2.39. The van der Waals surface area contributed by atoms with Gasteiger partial charge in [0.05, 0.1) is 12.3 Å². The number of nitrogens with two attached hydrogens (primary N) is 1. The van der Waals surface area contributed by atoms with Crippen LogP contribution in [0.4, 0.5) is 0 Å². The van der Waals surface area contributed by atoms with Gasteiger partial charge in [0.1, 0.15) is 0 Å². The van der Waals surface area contributed by atoms with Crippen LogP contribution in [0.1, 0.15) is 23.0 Å². The van der Waals surface area contributed by atoms with Gasteiger partial charge in [-0.3, -0.25) is 14.9 Å². The van der Waals surface area contributed by atoms with Gasteiger partial charge in [-0.25, -0.2) is 5.84 Å². The number of hydrogen-bond acceptors (Lipinski definition) is 4. The number of ether oxygens (including phenoxy) is 1. The van der Waals surface area contributed by atoms with Crippen molar-refractivity contribution >= 4 is 5.91 Å². The standard InChI is InChI=1S/C10H18N4O2/c1-6-7(2)13-14(8(6)3)9(5-16-4)10(15)12-11/h9H,5,11H2,1-4H3,(H,12,15). The van der Waals surface area contributed by atoms with Gasteiger partial charge >= 0.3 is 0 Å². The first kappa shape index (κ1) is 12.7. The number of hydrogen-bond donors (Lipinski definition) is 2. The van der Waals surface area contributed by atoms with E-state index in [1.165, 1.54) is 7.11 Å². The second-order valence-electron chi connectivity index (χ2n) is 3.72. The zero-order chi connectivity index (χ0) is 12.3. The average Bonchev–Trinajstić information content (AvgIpc) is 2.53. The first-order chi connectivity index (χ1) is 7.52. The molecule has 0 aliphatic carbocycles. The molecule has 0 spiro atoms. The lowest BCUT2D eigenvalue weighted by molar-refractivity contribution is -0.126. The third-order valence-corrected chi connectivity index (χ3v) is 2.75. The van der Waals surface area contributed by atoms with Gasteiger partial charge in [-0.15, -0.1) is 0 Å². The minimum absolute atomic E-state index is 0.241. The summed E-state index contributed by atoms with van der Waals surface area (Å²) >= 11 is 0. The molecule has 0 fully saturated rings. The first-order valence-corrected chi connectivity index (χ1v) is 5.04. The molecule has 0 saturated heterocycles. The van der Waals surface area contributed by atoms with E-state index in [0.717, 1.165) is 17.0 Å². The molecule has 1 aromatic rings. The maximum absolute atomic E-state index is 11.6. The van der Waals surface area contributed by atoms with Crippen LogP contribution in [-0.2, 0) is 9.53 Å². The Labute approximate surface area is 94.7 Å². The monoisotopic (exact) mass is 226 g/mol. The molecule has 16 heavy (non-hydrogen) atoms. The van der Waals surface area contributed by atoms with Crippen molar-refractivity contribution in [3.63, 3.8) is 0 Å². The molecule has 0 radical (unpaired) electrons. The topological polar surface area (TPSA) is 82.2 Å². The van der Waals surface area contributed by atoms with E-state index in [1.54, 1.807) is 4.68 Å². The number of nitrogens with one attached hydrogen (secondary N) is 1. The van der Waals surface area contributed by atoms with Crippen LogP contribution in [-0.4, -0.2) is 29.4 Å². The summed E-state index contributed by atoms with van der Waals surface area (Å²) in [6.07, 6.45) is 0. The van der Waals surface area contributed by atoms with Crippen LogP contribution >= 0.6 is 0 Å². The smallest absolute Gasteiger partial charge is 0.261 e. The van der Waals surface area contributed by atoms with Gasteiger partial charge in [-0.05, 0) is 26.3 Å². The number of carbonyl (C=O) groups is 1. The van der Waals surface area contributed by atoms with E-state index in [0.29, 0.717) is 0 Å². The summed E-state index contributed by atoms with van der Waals surface area (Å²) in [6.45, 7) is 6.04. The van der Waals surface area contributed by atoms with Gasteiger partial charge in [0.15, 0.2) is 6.04 Å². The van der Waals surface area contributed by atoms with Gasteiger partial charge in [-0.1, -0.05) is 0 Å². The average molecular weight is 226 g/mol. The van der Waals surface area contributed by atoms with Crippen molar-refractivity contribution < 1.29 is 9.53 Å². The molecular weight excluding hydrogens is 208 g/mol. The lowest BCUT2D eigenvalue weighted by Gasteiger charge is -2.16. The van der Waals surface area contributed by atoms with Crippen molar-refractivity contribution in [2.45, 2.75) is 26.8 Å². The van der Waals surface area contributed by atoms with Crippen molar-refractivity contribution in [2.75, 3.05) is 13.7 Å². The van der Waals surface area contributed by atoms with Crippen molar-refractivity contribution in [3.05, 3.63) is 17.0 Å². The van der Waals surface area contributed by atoms with Gasteiger partial charge < -0.3 is 4.74 Å². The molecule has 1 heterocycles. The fourth-order valence-corrected chi connectivity index (χ4v) is 1.56. The van der Waals surface area contributed by atoms with Gasteiger partial charge in [-0.2, -0.15) is 5.10 Å². The number of rotatable bonds is 4. The minimum atomic E-state index is -0.526. The number of carbonyl (C=O) groups excluding carboxylic acids is 1. The number of methoxy groups -OCH3 is 1. The highest BCUT2D eigenvalue weighted by molar-refractivity contribution is 5.79. The molecule has 0 aromatic carbocycles. The predicted molar refractivity (Wildman–Crippen MR) is 59.7 cm³/mol. The third kappa shape index (κ3) is 2.23. The Morgan fingerprint density at radius 2 is 2.19 bits per heavy atom. The second kappa shape index (κ2) is 5.09. The van der Waals surface area contributed by atoms with Crippen molar-refractivity contribution in [2.24, 2.45) is 5.84 Å². The number of aromatic nitrogens is 2. The van der Waals surface area contributed by atoms with Gasteiger partial charge in [0.2, 0.25) is 0 Å². The fraction of sp³-hybridized carbons (Fsp3) is 0.600. The third-order valence-electron chi connectivity index (χ3n) is 2.75. The van der Waals surface area contributed by atoms with E-state index in [1.807, 2.05) is 20.8 Å². The Morgan fingerprint density at radius 1 is 1.56 bits per heavy atom. The maximum Gasteiger partial charge on any atom is 0.261 e. The highest BCUT2D eigenvalue weighted by Gasteiger charge is 2.23. The van der Waals surface area contributed by atoms with E-state index in [4.69, 9.17) is 10.6 Å². The lowest BCUT2D eigenvalue weighted by atomic mass is 10.2. The van der Waals surface area contributed by atoms with Crippen molar-refractivity contribution in [1.29, 1.82) is 0 Å². The van der Waals surface area contributed by atoms with Crippen LogP contribution in [0, 0.1) is 20.8 Å². The Morgan fingerprint density at radius 3 is 2.56 bits per heavy atom. The zero-order valence-corrected chi connectivity index (χ0v) is 10.1. The van der Waals surface area contributed by atoms with Crippen LogP contribution in [0.5, 0.6) is 0 Å². The van der Waals surface area contributed by atoms with E-state index < -0.39 is 6.04 Å². The number of aryl methyl sites for hydroxylation is 1. The van der Waals surface area contributed by atoms with Crippen LogP contribution in [0.15, 0.2) is 0 Å². The molecule has 0 bridgehead atoms. The zero-order valence-electron chi connectivity index (χ0n) is 10.1. The summed E-state index contributed by atoms with van der Waals surface area (Å²) in [7, 11) is 1.54. The molecule has 3 N–H and O–H groups in total. The first-order valence-electron chi connectivity index (χ1n) is 5.04. The summed E-state index contributed by atoms with van der Waals surface area (Å²) in [5, 5.41) is 4.32. The Bertz CT molecular complexity index is 386. The number of hydrazine groups is 1. The van der Waals surface area contributed by atoms with Crippen LogP contribution in [0.2, 0.25) is 0 Å². The molecule has 6 nitrogen and oxygen atoms in total. The largest absolute Gasteiger partial charge is 0.382 e. The molecule has 90 valence electrons. The van der Waals surface area contributed by atoms with Gasteiger partial charge in [0, 0.05) is 12.8 Å². The molecule has 6 heteroatoms. The maximum atomic E-state index is 11.6. The van der Waals surface area contributed by atoms with E-state index in [2.05, 4.69) is 10.5 Å². The number of amides is 1. The van der Waals surface area contributed by atoms with Crippen LogP contribution < -0.4 is 11.3 Å². The molecule has 1 rings (SSSR count). The second-order valence-corrected chi connectivity index (χ2v) is 3.72. The summed E-state index contributed by atoms with van der Waals surface area (Å²) in [6, 6.07) is -0.526. The predicted octanol–water partition coefficient (Wildman–Crippen LogP) is -0.0142. The Hall–Kier alpha value is -1.40. The van der Waals surface area contributed by atoms with Crippen molar-refractivity contribution in [3.8, 4) is 0 Å². The highest BCUT2D eigenvalue weighted by Crippen LogP contribution is 2.16. The molecule has 0 aliphatic rings. The molecule has 1 unspecified atom stereocenters. The Balaban J connectivity index is 3.10. The minimum Gasteiger partial charge on any atom is -0.382 e. The van der Waals surface area contributed by atoms with Crippen LogP contribution in [0.3, 0.4) is 0 Å². The van der Waals surface area contributed by atoms with E-state index in [-0.39, 0.29) is 12.5 Å². The quantitative estimate of drug-likeness (QED) is 0.429. The van der Waals surface area contributed by atoms with E-state index in [9.17, 15) is 4.79 Å². The summed E-state index contributed by atoms with van der Waals surface area (Å²) < 4.78 is 6.66. The highest BCUT2D eigenvalue weighted by atomic mass is 16.5. The molecule has 1 atom stereocenters. The fourth-order valence-electron chi connectivity index (χ4n) is 1.56. The molecular formula is C10H18N4O2. The molecule has 0 saturated carbocycles. The summed E-state index contributed by atoms with van der Waals surface area (Å²) in [5.74, 6) is 4.83. The van der Waals surface area contributed by atoms with Gasteiger partial charge in [0.25, 0.3) is 5.91 Å². The number of nitrogens with zero attached hydrogens (tertiary/aromatic N) is 2. The molecule has 1 amide bonds. The molecule has 1 aromatic heterocycles.